The summed E-state index contributed by atoms with van der Waals surface area (Å²) in [6.07, 6.45) is 0.230. The van der Waals surface area contributed by atoms with E-state index in [9.17, 15) is 14.7 Å². The average molecular weight is 475 g/mol. The topological polar surface area (TPSA) is 121 Å². The number of carbonyl (C=O) groups excluding carboxylic acids is 2. The summed E-state index contributed by atoms with van der Waals surface area (Å²) in [5, 5.41) is 16.7. The smallest absolute Gasteiger partial charge is 0.333 e. The Morgan fingerprint density at radius 1 is 0.848 bits per heavy atom. The van der Waals surface area contributed by atoms with Gasteiger partial charge in [0.2, 0.25) is 0 Å². The van der Waals surface area contributed by atoms with E-state index in [0.29, 0.717) is 17.6 Å². The van der Waals surface area contributed by atoms with E-state index in [-0.39, 0.29) is 18.6 Å². The Bertz CT molecular complexity index is 731. The predicted octanol–water partition coefficient (Wildman–Crippen LogP) is 3.03. The van der Waals surface area contributed by atoms with Crippen LogP contribution in [0.1, 0.15) is 68.2 Å². The maximum absolute atomic E-state index is 11.5. The first-order chi connectivity index (χ1) is 14.9. The lowest BCUT2D eigenvalue weighted by Crippen LogP contribution is -2.38. The summed E-state index contributed by atoms with van der Waals surface area (Å²) in [5.74, 6) is -2.77. The van der Waals surface area contributed by atoms with Crippen molar-refractivity contribution in [2.45, 2.75) is 103 Å². The highest BCUT2D eigenvalue weighted by atomic mass is 16.7. The Kier molecular flexibility index (Phi) is 10.9. The SMILES string of the molecule is C=C(C)C(=O)OC1(C)CC(C)(O)OC1C.C=C(C)C(=O)OC1(C)CC(C)(OC)OC1C.CO. The Morgan fingerprint density at radius 2 is 1.21 bits per heavy atom. The number of carbonyl (C=O) groups is 2. The summed E-state index contributed by atoms with van der Waals surface area (Å²) >= 11 is 0. The molecule has 0 aromatic heterocycles. The van der Waals surface area contributed by atoms with Gasteiger partial charge in [-0.05, 0) is 55.4 Å². The van der Waals surface area contributed by atoms with Crippen LogP contribution in [0.4, 0.5) is 0 Å². The van der Waals surface area contributed by atoms with E-state index < -0.39 is 34.7 Å². The Hall–Kier alpha value is -1.78. The molecule has 0 aromatic rings. The summed E-state index contributed by atoms with van der Waals surface area (Å²) in [4.78, 5) is 22.9. The van der Waals surface area contributed by atoms with E-state index in [1.807, 2.05) is 20.8 Å². The van der Waals surface area contributed by atoms with Crippen LogP contribution in [0.15, 0.2) is 24.3 Å². The fourth-order valence-corrected chi connectivity index (χ4v) is 3.62. The van der Waals surface area contributed by atoms with Crippen LogP contribution >= 0.6 is 0 Å². The number of esters is 2. The Morgan fingerprint density at radius 3 is 1.48 bits per heavy atom. The van der Waals surface area contributed by atoms with Crippen molar-refractivity contribution >= 4 is 11.9 Å². The first-order valence-electron chi connectivity index (χ1n) is 10.7. The van der Waals surface area contributed by atoms with Crippen molar-refractivity contribution in [1.82, 2.24) is 0 Å². The van der Waals surface area contributed by atoms with Crippen LogP contribution < -0.4 is 0 Å². The molecule has 0 spiro atoms. The summed E-state index contributed by atoms with van der Waals surface area (Å²) in [6, 6.07) is 0. The molecule has 6 atom stereocenters. The van der Waals surface area contributed by atoms with Crippen molar-refractivity contribution < 1.29 is 43.5 Å². The van der Waals surface area contributed by atoms with Gasteiger partial charge in [-0.15, -0.1) is 0 Å². The molecule has 2 fully saturated rings. The van der Waals surface area contributed by atoms with Crippen LogP contribution in [0.5, 0.6) is 0 Å². The fraction of sp³-hybridized carbons (Fsp3) is 0.750. The van der Waals surface area contributed by atoms with Crippen LogP contribution in [0.2, 0.25) is 0 Å². The van der Waals surface area contributed by atoms with Gasteiger partial charge < -0.3 is 33.9 Å². The van der Waals surface area contributed by atoms with Gasteiger partial charge in [0.05, 0.1) is 12.2 Å². The second kappa shape index (κ2) is 11.6. The van der Waals surface area contributed by atoms with Gasteiger partial charge in [-0.25, -0.2) is 9.59 Å². The lowest BCUT2D eigenvalue weighted by molar-refractivity contribution is -0.197. The number of aliphatic hydroxyl groups excluding tert-OH is 1. The van der Waals surface area contributed by atoms with Crippen molar-refractivity contribution in [3.05, 3.63) is 24.3 Å². The van der Waals surface area contributed by atoms with Crippen LogP contribution in [-0.2, 0) is 33.3 Å². The van der Waals surface area contributed by atoms with Crippen molar-refractivity contribution in [3.8, 4) is 0 Å². The van der Waals surface area contributed by atoms with Crippen LogP contribution in [0.25, 0.3) is 0 Å². The monoisotopic (exact) mass is 474 g/mol. The molecule has 0 bridgehead atoms. The van der Waals surface area contributed by atoms with Gasteiger partial charge in [-0.3, -0.25) is 0 Å². The minimum Gasteiger partial charge on any atom is -0.453 e. The Labute approximate surface area is 197 Å². The maximum atomic E-state index is 11.5. The number of hydrogen-bond donors (Lipinski definition) is 2. The zero-order valence-corrected chi connectivity index (χ0v) is 21.7. The molecule has 0 aromatic carbocycles. The van der Waals surface area contributed by atoms with Crippen molar-refractivity contribution in [3.63, 3.8) is 0 Å². The number of aliphatic hydroxyl groups is 2. The molecule has 0 aliphatic carbocycles. The lowest BCUT2D eigenvalue weighted by Gasteiger charge is -2.27. The van der Waals surface area contributed by atoms with E-state index >= 15 is 0 Å². The van der Waals surface area contributed by atoms with E-state index in [2.05, 4.69) is 13.2 Å². The normalized spacial score (nSPS) is 37.1. The fourth-order valence-electron chi connectivity index (χ4n) is 3.62. The van der Waals surface area contributed by atoms with Crippen LogP contribution in [0.3, 0.4) is 0 Å². The third-order valence-corrected chi connectivity index (χ3v) is 5.71. The Balaban J connectivity index is 0.000000578. The van der Waals surface area contributed by atoms with Crippen LogP contribution in [-0.4, -0.2) is 71.4 Å². The van der Waals surface area contributed by atoms with Gasteiger partial charge in [-0.1, -0.05) is 13.2 Å². The predicted molar refractivity (Wildman–Crippen MR) is 123 cm³/mol. The highest BCUT2D eigenvalue weighted by molar-refractivity contribution is 5.87. The van der Waals surface area contributed by atoms with Gasteiger partial charge in [0.25, 0.3) is 0 Å². The molecule has 9 heteroatoms. The molecule has 2 saturated heterocycles. The van der Waals surface area contributed by atoms with E-state index in [1.165, 1.54) is 0 Å². The highest BCUT2D eigenvalue weighted by Crippen LogP contribution is 2.41. The molecule has 192 valence electrons. The zero-order valence-electron chi connectivity index (χ0n) is 21.7. The summed E-state index contributed by atoms with van der Waals surface area (Å²) in [7, 11) is 2.58. The quantitative estimate of drug-likeness (QED) is 0.457. The minimum absolute atomic E-state index is 0.208. The maximum Gasteiger partial charge on any atom is 0.333 e. The zero-order chi connectivity index (χ0) is 26.4. The van der Waals surface area contributed by atoms with Crippen molar-refractivity contribution in [1.29, 1.82) is 0 Å². The van der Waals surface area contributed by atoms with Gasteiger partial charge in [0.1, 0.15) is 11.2 Å². The van der Waals surface area contributed by atoms with Gasteiger partial charge in [-0.2, -0.15) is 0 Å². The van der Waals surface area contributed by atoms with E-state index in [4.69, 9.17) is 28.8 Å². The average Bonchev–Trinajstić information content (AvgIpc) is 3.03. The van der Waals surface area contributed by atoms with Gasteiger partial charge in [0, 0.05) is 38.2 Å². The first kappa shape index (κ1) is 31.2. The molecule has 0 amide bonds. The molecule has 2 heterocycles. The molecule has 2 aliphatic heterocycles. The number of ether oxygens (including phenoxy) is 5. The molecule has 2 rings (SSSR count). The van der Waals surface area contributed by atoms with Gasteiger partial charge in [0.15, 0.2) is 11.6 Å². The molecule has 2 N–H and O–H groups in total. The summed E-state index contributed by atoms with van der Waals surface area (Å²) in [5.41, 5.74) is -0.727. The third kappa shape index (κ3) is 8.50. The third-order valence-electron chi connectivity index (χ3n) is 5.71. The van der Waals surface area contributed by atoms with E-state index in [1.54, 1.807) is 41.7 Å². The molecule has 6 unspecified atom stereocenters. The molecule has 0 radical (unpaired) electrons. The van der Waals surface area contributed by atoms with E-state index in [0.717, 1.165) is 7.11 Å². The molecule has 2 aliphatic rings. The van der Waals surface area contributed by atoms with Crippen LogP contribution in [0, 0.1) is 0 Å². The molecular formula is C24H42O9. The second-order valence-corrected chi connectivity index (χ2v) is 9.35. The molecule has 9 nitrogen and oxygen atoms in total. The molecule has 0 saturated carbocycles. The first-order valence-corrected chi connectivity index (χ1v) is 10.7. The number of methoxy groups -OCH3 is 1. The lowest BCUT2D eigenvalue weighted by atomic mass is 9.95. The largest absolute Gasteiger partial charge is 0.453 e. The highest BCUT2D eigenvalue weighted by Gasteiger charge is 2.52. The van der Waals surface area contributed by atoms with Crippen molar-refractivity contribution in [2.75, 3.05) is 14.2 Å². The standard InChI is InChI=1S/C12H20O4.C11H18O4.CH4O/c1-8(2)10(13)16-11(4)7-12(5,14-6)15-9(11)3;1-7(2)9(12)15-10(4)6-11(5,13)14-8(10)3;1-2/h9H,1,7H2,2-6H3;8,13H,1,6H2,2-5H3;2H,1H3. The summed E-state index contributed by atoms with van der Waals surface area (Å²) in [6.45, 7) is 20.9. The van der Waals surface area contributed by atoms with Crippen molar-refractivity contribution in [2.24, 2.45) is 0 Å². The minimum atomic E-state index is -1.23. The second-order valence-electron chi connectivity index (χ2n) is 9.35. The number of hydrogen-bond acceptors (Lipinski definition) is 9. The summed E-state index contributed by atoms with van der Waals surface area (Å²) < 4.78 is 26.9. The number of rotatable bonds is 5. The van der Waals surface area contributed by atoms with Gasteiger partial charge >= 0.3 is 11.9 Å². The molecular weight excluding hydrogens is 432 g/mol. The molecule has 33 heavy (non-hydrogen) atoms.